The molecule has 0 radical (unpaired) electrons. The molecule has 2 aliphatic heterocycles. The third-order valence-electron chi connectivity index (χ3n) is 6.41. The highest BCUT2D eigenvalue weighted by Crippen LogP contribution is 2.38. The highest BCUT2D eigenvalue weighted by atomic mass is 32.2. The number of hydrogen-bond donors (Lipinski definition) is 1. The molecule has 0 aromatic heterocycles. The number of piperidine rings is 1. The molecule has 1 spiro atoms. The number of carbonyl (C=O) groups is 2. The van der Waals surface area contributed by atoms with Crippen LogP contribution in [0.2, 0.25) is 0 Å². The highest BCUT2D eigenvalue weighted by Gasteiger charge is 2.43. The van der Waals surface area contributed by atoms with Gasteiger partial charge in [-0.05, 0) is 61.8 Å². The van der Waals surface area contributed by atoms with Crippen molar-refractivity contribution in [2.24, 2.45) is 0 Å². The van der Waals surface area contributed by atoms with Crippen molar-refractivity contribution in [2.45, 2.75) is 48.7 Å². The topological polar surface area (TPSA) is 58.6 Å². The quantitative estimate of drug-likeness (QED) is 0.695. The van der Waals surface area contributed by atoms with Gasteiger partial charge in [-0.25, -0.2) is 0 Å². The molecule has 2 saturated heterocycles. The van der Waals surface area contributed by atoms with Crippen LogP contribution in [0.5, 0.6) is 0 Å². The molecular weight excluding hydrogens is 408 g/mol. The highest BCUT2D eigenvalue weighted by molar-refractivity contribution is 7.98. The summed E-state index contributed by atoms with van der Waals surface area (Å²) in [6.07, 6.45) is 6.21. The number of hydrogen-bond acceptors (Lipinski definition) is 4. The van der Waals surface area contributed by atoms with Gasteiger partial charge in [0, 0.05) is 30.1 Å². The molecular formula is C25H30N2O3S. The van der Waals surface area contributed by atoms with Crippen LogP contribution in [-0.2, 0) is 16.0 Å². The van der Waals surface area contributed by atoms with Gasteiger partial charge in [0.1, 0.15) is 0 Å². The molecule has 1 unspecified atom stereocenters. The van der Waals surface area contributed by atoms with Crippen molar-refractivity contribution in [2.75, 3.05) is 25.9 Å². The standard InChI is InChI=1S/C25H30N2O3S/c1-31-22-9-7-20(8-10-22)24(29)26-18-21-11-12-25(30-21)13-15-27(16-14-25)23(28)17-19-5-3-2-4-6-19/h2-10,21H,11-18H2,1H3,(H,26,29). The third kappa shape index (κ3) is 5.49. The van der Waals surface area contributed by atoms with Crippen LogP contribution in [0.1, 0.15) is 41.6 Å². The fourth-order valence-corrected chi connectivity index (χ4v) is 4.91. The Hall–Kier alpha value is -2.31. The Morgan fingerprint density at radius 2 is 1.77 bits per heavy atom. The van der Waals surface area contributed by atoms with E-state index >= 15 is 0 Å². The summed E-state index contributed by atoms with van der Waals surface area (Å²) >= 11 is 1.66. The first kappa shape index (κ1) is 21.9. The van der Waals surface area contributed by atoms with E-state index in [2.05, 4.69) is 5.32 Å². The molecule has 0 saturated carbocycles. The molecule has 5 nitrogen and oxygen atoms in total. The number of amides is 2. The lowest BCUT2D eigenvalue weighted by atomic mass is 9.88. The second kappa shape index (κ2) is 9.88. The van der Waals surface area contributed by atoms with Gasteiger partial charge in [0.15, 0.2) is 0 Å². The predicted molar refractivity (Wildman–Crippen MR) is 123 cm³/mol. The van der Waals surface area contributed by atoms with Gasteiger partial charge in [0.25, 0.3) is 5.91 Å². The molecule has 6 heteroatoms. The Kier molecular flexibility index (Phi) is 6.98. The first-order valence-electron chi connectivity index (χ1n) is 11.0. The molecule has 2 aromatic rings. The molecule has 0 bridgehead atoms. The van der Waals surface area contributed by atoms with E-state index in [1.807, 2.05) is 65.8 Å². The van der Waals surface area contributed by atoms with Crippen molar-refractivity contribution in [1.82, 2.24) is 10.2 Å². The van der Waals surface area contributed by atoms with Gasteiger partial charge >= 0.3 is 0 Å². The van der Waals surface area contributed by atoms with Crippen LogP contribution >= 0.6 is 11.8 Å². The minimum atomic E-state index is -0.140. The summed E-state index contributed by atoms with van der Waals surface area (Å²) in [4.78, 5) is 28.2. The van der Waals surface area contributed by atoms with Gasteiger partial charge in [0.05, 0.1) is 18.1 Å². The first-order valence-corrected chi connectivity index (χ1v) is 12.2. The smallest absolute Gasteiger partial charge is 0.251 e. The molecule has 1 N–H and O–H groups in total. The SMILES string of the molecule is CSc1ccc(C(=O)NCC2CCC3(CCN(C(=O)Cc4ccccc4)CC3)O2)cc1. The second-order valence-electron chi connectivity index (χ2n) is 8.44. The number of benzene rings is 2. The van der Waals surface area contributed by atoms with Crippen LogP contribution in [-0.4, -0.2) is 54.3 Å². The molecule has 164 valence electrons. The fraction of sp³-hybridized carbons (Fsp3) is 0.440. The van der Waals surface area contributed by atoms with Crippen molar-refractivity contribution < 1.29 is 14.3 Å². The van der Waals surface area contributed by atoms with E-state index < -0.39 is 0 Å². The molecule has 2 fully saturated rings. The zero-order valence-electron chi connectivity index (χ0n) is 18.0. The van der Waals surface area contributed by atoms with Gasteiger partial charge in [0.2, 0.25) is 5.91 Å². The molecule has 1 atom stereocenters. The molecule has 0 aliphatic carbocycles. The van der Waals surface area contributed by atoms with Crippen molar-refractivity contribution in [3.63, 3.8) is 0 Å². The van der Waals surface area contributed by atoms with Crippen molar-refractivity contribution >= 4 is 23.6 Å². The summed E-state index contributed by atoms with van der Waals surface area (Å²) in [6.45, 7) is 2.01. The van der Waals surface area contributed by atoms with Gasteiger partial charge in [-0.15, -0.1) is 11.8 Å². The van der Waals surface area contributed by atoms with Crippen LogP contribution in [0.15, 0.2) is 59.5 Å². The number of thioether (sulfide) groups is 1. The van der Waals surface area contributed by atoms with Crippen molar-refractivity contribution in [3.05, 3.63) is 65.7 Å². The summed E-state index contributed by atoms with van der Waals surface area (Å²) in [5, 5.41) is 3.02. The largest absolute Gasteiger partial charge is 0.370 e. The molecule has 2 heterocycles. The normalized spacial score (nSPS) is 20.0. The number of nitrogens with zero attached hydrogens (tertiary/aromatic N) is 1. The number of rotatable bonds is 6. The summed E-state index contributed by atoms with van der Waals surface area (Å²) < 4.78 is 6.40. The first-order chi connectivity index (χ1) is 15.1. The van der Waals surface area contributed by atoms with Crippen LogP contribution in [0.4, 0.5) is 0 Å². The zero-order chi connectivity index (χ0) is 21.7. The predicted octanol–water partition coefficient (Wildman–Crippen LogP) is 3.92. The minimum absolute atomic E-state index is 0.0426. The van der Waals surface area contributed by atoms with E-state index in [-0.39, 0.29) is 23.5 Å². The lowest BCUT2D eigenvalue weighted by Gasteiger charge is -2.39. The fourth-order valence-electron chi connectivity index (χ4n) is 4.50. The van der Waals surface area contributed by atoms with E-state index in [9.17, 15) is 9.59 Å². The average molecular weight is 439 g/mol. The Bertz CT molecular complexity index is 893. The van der Waals surface area contributed by atoms with E-state index in [0.29, 0.717) is 18.5 Å². The van der Waals surface area contributed by atoms with Crippen molar-refractivity contribution in [1.29, 1.82) is 0 Å². The van der Waals surface area contributed by atoms with Crippen LogP contribution < -0.4 is 5.32 Å². The molecule has 31 heavy (non-hydrogen) atoms. The lowest BCUT2D eigenvalue weighted by molar-refractivity contribution is -0.136. The van der Waals surface area contributed by atoms with E-state index in [4.69, 9.17) is 4.74 Å². The second-order valence-corrected chi connectivity index (χ2v) is 9.32. The van der Waals surface area contributed by atoms with Crippen molar-refractivity contribution in [3.8, 4) is 0 Å². The minimum Gasteiger partial charge on any atom is -0.370 e. The maximum atomic E-state index is 12.6. The summed E-state index contributed by atoms with van der Waals surface area (Å²) in [5.41, 5.74) is 1.60. The number of nitrogens with one attached hydrogen (secondary N) is 1. The maximum Gasteiger partial charge on any atom is 0.251 e. The van der Waals surface area contributed by atoms with E-state index in [1.165, 1.54) is 0 Å². The number of likely N-dealkylation sites (tertiary alicyclic amines) is 1. The monoisotopic (exact) mass is 438 g/mol. The maximum absolute atomic E-state index is 12.6. The number of ether oxygens (including phenoxy) is 1. The molecule has 2 amide bonds. The summed E-state index contributed by atoms with van der Waals surface area (Å²) in [6, 6.07) is 17.6. The number of carbonyl (C=O) groups excluding carboxylic acids is 2. The average Bonchev–Trinajstić information content (AvgIpc) is 3.21. The van der Waals surface area contributed by atoms with Gasteiger partial charge < -0.3 is 15.0 Å². The van der Waals surface area contributed by atoms with E-state index in [0.717, 1.165) is 49.2 Å². The van der Waals surface area contributed by atoms with Crippen LogP contribution in [0.25, 0.3) is 0 Å². The Labute approximate surface area is 188 Å². The Morgan fingerprint density at radius 3 is 2.45 bits per heavy atom. The Balaban J connectivity index is 1.22. The van der Waals surface area contributed by atoms with Gasteiger partial charge in [-0.1, -0.05) is 30.3 Å². The third-order valence-corrected chi connectivity index (χ3v) is 7.15. The Morgan fingerprint density at radius 1 is 1.06 bits per heavy atom. The van der Waals surface area contributed by atoms with E-state index in [1.54, 1.807) is 11.8 Å². The molecule has 4 rings (SSSR count). The van der Waals surface area contributed by atoms with Gasteiger partial charge in [-0.3, -0.25) is 9.59 Å². The summed E-state index contributed by atoms with van der Waals surface area (Å²) in [7, 11) is 0. The lowest BCUT2D eigenvalue weighted by Crippen LogP contribution is -2.47. The van der Waals surface area contributed by atoms with Crippen LogP contribution in [0, 0.1) is 0 Å². The summed E-state index contributed by atoms with van der Waals surface area (Å²) in [5.74, 6) is 0.133. The van der Waals surface area contributed by atoms with Gasteiger partial charge in [-0.2, -0.15) is 0 Å². The van der Waals surface area contributed by atoms with Crippen LogP contribution in [0.3, 0.4) is 0 Å². The molecule has 2 aromatic carbocycles. The zero-order valence-corrected chi connectivity index (χ0v) is 18.8. The molecule has 2 aliphatic rings.